The zero-order valence-electron chi connectivity index (χ0n) is 12.1. The Morgan fingerprint density at radius 3 is 2.79 bits per heavy atom. The zero-order valence-corrected chi connectivity index (χ0v) is 12.1. The third-order valence-electron chi connectivity index (χ3n) is 4.29. The molecule has 0 saturated heterocycles. The van der Waals surface area contributed by atoms with Gasteiger partial charge in [0.2, 0.25) is 0 Å². The SMILES string of the molecule is CCn1ncnc1CC(=O)C1(OC)CCC(C)CC1. The van der Waals surface area contributed by atoms with Crippen LogP contribution in [0.5, 0.6) is 0 Å². The smallest absolute Gasteiger partial charge is 0.172 e. The average Bonchev–Trinajstić information content (AvgIpc) is 2.87. The molecule has 0 N–H and O–H groups in total. The lowest BCUT2D eigenvalue weighted by Gasteiger charge is -2.36. The molecule has 0 aromatic carbocycles. The van der Waals surface area contributed by atoms with Crippen molar-refractivity contribution in [3.05, 3.63) is 12.2 Å². The molecule has 0 atom stereocenters. The summed E-state index contributed by atoms with van der Waals surface area (Å²) < 4.78 is 7.37. The maximum absolute atomic E-state index is 12.6. The van der Waals surface area contributed by atoms with Crippen molar-refractivity contribution >= 4 is 5.78 Å². The number of ketones is 1. The van der Waals surface area contributed by atoms with Gasteiger partial charge in [0.25, 0.3) is 0 Å². The van der Waals surface area contributed by atoms with E-state index in [0.717, 1.165) is 38.1 Å². The molecule has 5 heteroatoms. The van der Waals surface area contributed by atoms with E-state index in [0.29, 0.717) is 12.3 Å². The summed E-state index contributed by atoms with van der Waals surface area (Å²) in [6.45, 7) is 4.97. The number of Topliss-reactive ketones (excluding diaryl/α,β-unsaturated/α-hetero) is 1. The molecular formula is C14H23N3O2. The Labute approximate surface area is 114 Å². The first-order chi connectivity index (χ1) is 9.11. The molecule has 2 rings (SSSR count). The van der Waals surface area contributed by atoms with E-state index in [1.165, 1.54) is 6.33 Å². The summed E-state index contributed by atoms with van der Waals surface area (Å²) in [6.07, 6.45) is 5.58. The molecule has 1 aromatic heterocycles. The quantitative estimate of drug-likeness (QED) is 0.817. The third kappa shape index (κ3) is 2.86. The van der Waals surface area contributed by atoms with Crippen molar-refractivity contribution in [2.75, 3.05) is 7.11 Å². The van der Waals surface area contributed by atoms with Crippen LogP contribution in [0, 0.1) is 5.92 Å². The molecular weight excluding hydrogens is 242 g/mol. The van der Waals surface area contributed by atoms with Gasteiger partial charge in [-0.3, -0.25) is 4.79 Å². The van der Waals surface area contributed by atoms with Crippen LogP contribution < -0.4 is 0 Å². The van der Waals surface area contributed by atoms with Gasteiger partial charge >= 0.3 is 0 Å². The first-order valence-corrected chi connectivity index (χ1v) is 7.06. The van der Waals surface area contributed by atoms with Crippen LogP contribution in [-0.2, 0) is 22.5 Å². The number of carbonyl (C=O) groups excluding carboxylic acids is 1. The number of hydrogen-bond donors (Lipinski definition) is 0. The van der Waals surface area contributed by atoms with Crippen LogP contribution in [0.25, 0.3) is 0 Å². The minimum absolute atomic E-state index is 0.143. The van der Waals surface area contributed by atoms with Crippen LogP contribution in [0.3, 0.4) is 0 Å². The van der Waals surface area contributed by atoms with Gasteiger partial charge in [-0.05, 0) is 38.5 Å². The Morgan fingerprint density at radius 2 is 2.21 bits per heavy atom. The Kier molecular flexibility index (Phi) is 4.34. The fraction of sp³-hybridized carbons (Fsp3) is 0.786. The second kappa shape index (κ2) is 5.82. The highest BCUT2D eigenvalue weighted by molar-refractivity contribution is 5.88. The highest BCUT2D eigenvalue weighted by Gasteiger charge is 2.41. The van der Waals surface area contributed by atoms with Crippen LogP contribution in [0.15, 0.2) is 6.33 Å². The van der Waals surface area contributed by atoms with E-state index in [9.17, 15) is 4.79 Å². The summed E-state index contributed by atoms with van der Waals surface area (Å²) in [6, 6.07) is 0. The number of aromatic nitrogens is 3. The molecule has 1 aromatic rings. The van der Waals surface area contributed by atoms with Crippen LogP contribution in [0.2, 0.25) is 0 Å². The average molecular weight is 265 g/mol. The van der Waals surface area contributed by atoms with Crippen molar-refractivity contribution in [2.45, 2.75) is 58.1 Å². The largest absolute Gasteiger partial charge is 0.370 e. The lowest BCUT2D eigenvalue weighted by atomic mass is 9.76. The Hall–Kier alpha value is -1.23. The Bertz CT molecular complexity index is 434. The van der Waals surface area contributed by atoms with E-state index in [1.807, 2.05) is 6.92 Å². The normalized spacial score (nSPS) is 27.4. The first-order valence-electron chi connectivity index (χ1n) is 7.06. The topological polar surface area (TPSA) is 57.0 Å². The van der Waals surface area contributed by atoms with Crippen molar-refractivity contribution in [3.8, 4) is 0 Å². The van der Waals surface area contributed by atoms with E-state index in [-0.39, 0.29) is 5.78 Å². The van der Waals surface area contributed by atoms with Gasteiger partial charge in [-0.15, -0.1) is 0 Å². The monoisotopic (exact) mass is 265 g/mol. The third-order valence-corrected chi connectivity index (χ3v) is 4.29. The summed E-state index contributed by atoms with van der Waals surface area (Å²) >= 11 is 0. The molecule has 0 amide bonds. The highest BCUT2D eigenvalue weighted by atomic mass is 16.5. The first kappa shape index (κ1) is 14.2. The molecule has 106 valence electrons. The zero-order chi connectivity index (χ0) is 13.9. The second-order valence-corrected chi connectivity index (χ2v) is 5.47. The Morgan fingerprint density at radius 1 is 1.53 bits per heavy atom. The number of ether oxygens (including phenoxy) is 1. The molecule has 1 aliphatic carbocycles. The molecule has 0 unspecified atom stereocenters. The molecule has 5 nitrogen and oxygen atoms in total. The van der Waals surface area contributed by atoms with Gasteiger partial charge in [0.1, 0.15) is 17.8 Å². The number of carbonyl (C=O) groups is 1. The van der Waals surface area contributed by atoms with E-state index >= 15 is 0 Å². The van der Waals surface area contributed by atoms with Crippen molar-refractivity contribution < 1.29 is 9.53 Å². The molecule has 1 heterocycles. The van der Waals surface area contributed by atoms with Gasteiger partial charge in [0.15, 0.2) is 5.78 Å². The van der Waals surface area contributed by atoms with E-state index in [4.69, 9.17) is 4.74 Å². The summed E-state index contributed by atoms with van der Waals surface area (Å²) in [7, 11) is 1.65. The minimum atomic E-state index is -0.600. The molecule has 0 radical (unpaired) electrons. The van der Waals surface area contributed by atoms with Crippen molar-refractivity contribution in [1.82, 2.24) is 14.8 Å². The summed E-state index contributed by atoms with van der Waals surface area (Å²) in [5.74, 6) is 1.57. The van der Waals surface area contributed by atoms with E-state index in [1.54, 1.807) is 11.8 Å². The molecule has 0 bridgehead atoms. The van der Waals surface area contributed by atoms with Gasteiger partial charge in [-0.1, -0.05) is 6.92 Å². The molecule has 0 aliphatic heterocycles. The van der Waals surface area contributed by atoms with Crippen LogP contribution in [-0.4, -0.2) is 33.3 Å². The number of nitrogens with zero attached hydrogens (tertiary/aromatic N) is 3. The minimum Gasteiger partial charge on any atom is -0.370 e. The number of hydrogen-bond acceptors (Lipinski definition) is 4. The van der Waals surface area contributed by atoms with Gasteiger partial charge < -0.3 is 4.74 Å². The molecule has 1 saturated carbocycles. The van der Waals surface area contributed by atoms with Crippen molar-refractivity contribution in [1.29, 1.82) is 0 Å². The fourth-order valence-corrected chi connectivity index (χ4v) is 2.82. The van der Waals surface area contributed by atoms with Crippen molar-refractivity contribution in [2.24, 2.45) is 5.92 Å². The summed E-state index contributed by atoms with van der Waals surface area (Å²) in [4.78, 5) is 16.8. The fourth-order valence-electron chi connectivity index (χ4n) is 2.82. The van der Waals surface area contributed by atoms with Crippen LogP contribution in [0.1, 0.15) is 45.4 Å². The van der Waals surface area contributed by atoms with Gasteiger partial charge in [-0.25, -0.2) is 9.67 Å². The number of rotatable bonds is 5. The van der Waals surface area contributed by atoms with Gasteiger partial charge in [0.05, 0.1) is 6.42 Å². The summed E-state index contributed by atoms with van der Waals surface area (Å²) in [5.41, 5.74) is -0.600. The van der Waals surface area contributed by atoms with Crippen molar-refractivity contribution in [3.63, 3.8) is 0 Å². The lowest BCUT2D eigenvalue weighted by molar-refractivity contribution is -0.145. The van der Waals surface area contributed by atoms with Crippen LogP contribution >= 0.6 is 0 Å². The summed E-state index contributed by atoms with van der Waals surface area (Å²) in [5, 5.41) is 4.11. The maximum Gasteiger partial charge on any atom is 0.172 e. The molecule has 1 aliphatic rings. The van der Waals surface area contributed by atoms with Gasteiger partial charge in [-0.2, -0.15) is 5.10 Å². The predicted molar refractivity (Wildman–Crippen MR) is 71.8 cm³/mol. The molecule has 1 fully saturated rings. The van der Waals surface area contributed by atoms with Crippen LogP contribution in [0.4, 0.5) is 0 Å². The number of aryl methyl sites for hydroxylation is 1. The standard InChI is InChI=1S/C14H23N3O2/c1-4-17-13(15-10-16-17)9-12(18)14(19-3)7-5-11(2)6-8-14/h10-11H,4-9H2,1-3H3. The molecule has 19 heavy (non-hydrogen) atoms. The highest BCUT2D eigenvalue weighted by Crippen LogP contribution is 2.35. The second-order valence-electron chi connectivity index (χ2n) is 5.47. The maximum atomic E-state index is 12.6. The predicted octanol–water partition coefficient (Wildman–Crippen LogP) is 2.00. The number of methoxy groups -OCH3 is 1. The molecule has 0 spiro atoms. The Balaban J connectivity index is 2.09. The van der Waals surface area contributed by atoms with E-state index in [2.05, 4.69) is 17.0 Å². The van der Waals surface area contributed by atoms with Gasteiger partial charge in [0, 0.05) is 13.7 Å². The van der Waals surface area contributed by atoms with E-state index < -0.39 is 5.60 Å². The lowest BCUT2D eigenvalue weighted by Crippen LogP contribution is -2.45.